The molecule has 1 aromatic carbocycles. The first-order valence-corrected chi connectivity index (χ1v) is 10.5. The summed E-state index contributed by atoms with van der Waals surface area (Å²) < 4.78 is 5.35. The SMILES string of the molecule is COc1ccc(/C=C2\SC(=S)N(C3CC(=O)N(CCCCC(=O)O)C3=O)C2=O)cc1. The Morgan fingerprint density at radius 2 is 1.97 bits per heavy atom. The van der Waals surface area contributed by atoms with Crippen LogP contribution in [0.15, 0.2) is 29.2 Å². The molecule has 0 saturated carbocycles. The summed E-state index contributed by atoms with van der Waals surface area (Å²) >= 11 is 6.41. The smallest absolute Gasteiger partial charge is 0.303 e. The van der Waals surface area contributed by atoms with Gasteiger partial charge in [-0.2, -0.15) is 0 Å². The second-order valence-electron chi connectivity index (χ2n) is 6.78. The predicted octanol–water partition coefficient (Wildman–Crippen LogP) is 2.28. The Balaban J connectivity index is 1.69. The number of nitrogens with zero attached hydrogens (tertiary/aromatic N) is 2. The monoisotopic (exact) mass is 448 g/mol. The molecule has 30 heavy (non-hydrogen) atoms. The highest BCUT2D eigenvalue weighted by molar-refractivity contribution is 8.26. The standard InChI is InChI=1S/C20H20N2O6S2/c1-28-13-7-5-12(6-8-13)10-15-19(27)22(20(29)30-15)14-11-16(23)21(18(14)26)9-3-2-4-17(24)25/h5-8,10,14H,2-4,9,11H2,1H3,(H,24,25)/b15-10-. The van der Waals surface area contributed by atoms with Crippen molar-refractivity contribution in [3.63, 3.8) is 0 Å². The van der Waals surface area contributed by atoms with Crippen molar-refractivity contribution < 1.29 is 29.0 Å². The second kappa shape index (κ2) is 9.40. The van der Waals surface area contributed by atoms with Crippen LogP contribution in [-0.4, -0.2) is 62.6 Å². The third-order valence-corrected chi connectivity index (χ3v) is 6.12. The number of carbonyl (C=O) groups is 4. The van der Waals surface area contributed by atoms with Gasteiger partial charge in [-0.25, -0.2) is 0 Å². The minimum atomic E-state index is -0.953. The molecule has 0 bridgehead atoms. The van der Waals surface area contributed by atoms with E-state index < -0.39 is 23.8 Å². The Morgan fingerprint density at radius 1 is 1.27 bits per heavy atom. The first-order chi connectivity index (χ1) is 14.3. The number of thioether (sulfide) groups is 1. The number of thiocarbonyl (C=S) groups is 1. The first kappa shape index (κ1) is 22.0. The number of aliphatic carboxylic acids is 1. The molecule has 0 aliphatic carbocycles. The molecule has 2 heterocycles. The average molecular weight is 449 g/mol. The summed E-state index contributed by atoms with van der Waals surface area (Å²) in [6.45, 7) is 0.137. The number of benzene rings is 1. The first-order valence-electron chi connectivity index (χ1n) is 9.29. The highest BCUT2D eigenvalue weighted by Crippen LogP contribution is 2.36. The summed E-state index contributed by atoms with van der Waals surface area (Å²) in [5, 5.41) is 8.69. The largest absolute Gasteiger partial charge is 0.497 e. The Bertz CT molecular complexity index is 928. The molecule has 158 valence electrons. The molecule has 3 rings (SSSR count). The molecule has 1 unspecified atom stereocenters. The number of carbonyl (C=O) groups excluding carboxylic acids is 3. The highest BCUT2D eigenvalue weighted by Gasteiger charge is 2.48. The molecule has 1 N–H and O–H groups in total. The van der Waals surface area contributed by atoms with Gasteiger partial charge in [0, 0.05) is 13.0 Å². The van der Waals surface area contributed by atoms with E-state index in [1.165, 1.54) is 4.90 Å². The van der Waals surface area contributed by atoms with E-state index in [-0.39, 0.29) is 29.6 Å². The molecular formula is C20H20N2O6S2. The number of methoxy groups -OCH3 is 1. The molecule has 0 aromatic heterocycles. The lowest BCUT2D eigenvalue weighted by Crippen LogP contribution is -2.44. The topological polar surface area (TPSA) is 104 Å². The third kappa shape index (κ3) is 4.71. The Kier molecular flexibility index (Phi) is 6.88. The fourth-order valence-corrected chi connectivity index (χ4v) is 4.61. The van der Waals surface area contributed by atoms with Crippen LogP contribution in [0.25, 0.3) is 6.08 Å². The van der Waals surface area contributed by atoms with Crippen LogP contribution in [0, 0.1) is 0 Å². The number of unbranched alkanes of at least 4 members (excludes halogenated alkanes) is 1. The summed E-state index contributed by atoms with van der Waals surface area (Å²) in [7, 11) is 1.56. The van der Waals surface area contributed by atoms with Crippen molar-refractivity contribution in [2.24, 2.45) is 0 Å². The van der Waals surface area contributed by atoms with E-state index in [0.717, 1.165) is 22.2 Å². The second-order valence-corrected chi connectivity index (χ2v) is 8.46. The van der Waals surface area contributed by atoms with Crippen LogP contribution in [0.1, 0.15) is 31.2 Å². The number of amides is 3. The lowest BCUT2D eigenvalue weighted by Gasteiger charge is -2.21. The molecule has 2 saturated heterocycles. The summed E-state index contributed by atoms with van der Waals surface area (Å²) in [6, 6.07) is 6.19. The van der Waals surface area contributed by atoms with Gasteiger partial charge in [-0.15, -0.1) is 0 Å². The van der Waals surface area contributed by atoms with Crippen molar-refractivity contribution in [1.29, 1.82) is 0 Å². The van der Waals surface area contributed by atoms with Crippen molar-refractivity contribution in [2.75, 3.05) is 13.7 Å². The lowest BCUT2D eigenvalue weighted by molar-refractivity contribution is -0.141. The zero-order valence-electron chi connectivity index (χ0n) is 16.2. The van der Waals surface area contributed by atoms with Gasteiger partial charge in [-0.3, -0.25) is 29.0 Å². The van der Waals surface area contributed by atoms with Crippen molar-refractivity contribution in [3.8, 4) is 5.75 Å². The van der Waals surface area contributed by atoms with Crippen LogP contribution in [0.4, 0.5) is 0 Å². The molecule has 2 aliphatic rings. The van der Waals surface area contributed by atoms with Crippen molar-refractivity contribution >= 4 is 58.1 Å². The van der Waals surface area contributed by atoms with E-state index in [0.29, 0.717) is 23.5 Å². The molecule has 8 nitrogen and oxygen atoms in total. The van der Waals surface area contributed by atoms with Gasteiger partial charge >= 0.3 is 5.97 Å². The lowest BCUT2D eigenvalue weighted by atomic mass is 10.2. The number of imide groups is 1. The Hall–Kier alpha value is -2.72. The molecular weight excluding hydrogens is 428 g/mol. The normalized spacial score (nSPS) is 20.6. The molecule has 1 atom stereocenters. The molecule has 2 aliphatic heterocycles. The minimum absolute atomic E-state index is 0.0233. The van der Waals surface area contributed by atoms with Crippen LogP contribution in [0.5, 0.6) is 5.75 Å². The predicted molar refractivity (Wildman–Crippen MR) is 115 cm³/mol. The van der Waals surface area contributed by atoms with Gasteiger partial charge < -0.3 is 9.84 Å². The van der Waals surface area contributed by atoms with Crippen molar-refractivity contribution in [1.82, 2.24) is 9.80 Å². The molecule has 2 fully saturated rings. The molecule has 0 radical (unpaired) electrons. The summed E-state index contributed by atoms with van der Waals surface area (Å²) in [5.41, 5.74) is 0.783. The van der Waals surface area contributed by atoms with E-state index in [9.17, 15) is 19.2 Å². The van der Waals surface area contributed by atoms with E-state index in [2.05, 4.69) is 0 Å². The number of hydrogen-bond acceptors (Lipinski definition) is 7. The quantitative estimate of drug-likeness (QED) is 0.280. The van der Waals surface area contributed by atoms with E-state index in [1.54, 1.807) is 37.5 Å². The number of carboxylic acids is 1. The summed E-state index contributed by atoms with van der Waals surface area (Å²) in [5.74, 6) is -1.49. The van der Waals surface area contributed by atoms with Gasteiger partial charge in [0.2, 0.25) is 5.91 Å². The van der Waals surface area contributed by atoms with Gasteiger partial charge in [0.25, 0.3) is 11.8 Å². The highest BCUT2D eigenvalue weighted by atomic mass is 32.2. The van der Waals surface area contributed by atoms with Gasteiger partial charge in [0.05, 0.1) is 18.4 Å². The van der Waals surface area contributed by atoms with Crippen molar-refractivity contribution in [2.45, 2.75) is 31.7 Å². The summed E-state index contributed by atoms with van der Waals surface area (Å²) in [4.78, 5) is 51.2. The van der Waals surface area contributed by atoms with Crippen LogP contribution in [0.3, 0.4) is 0 Å². The molecule has 10 heteroatoms. The summed E-state index contributed by atoms with van der Waals surface area (Å²) in [6.07, 6.45) is 2.29. The molecule has 3 amide bonds. The Morgan fingerprint density at radius 3 is 2.60 bits per heavy atom. The van der Waals surface area contributed by atoms with E-state index in [1.807, 2.05) is 0 Å². The van der Waals surface area contributed by atoms with Crippen LogP contribution in [0.2, 0.25) is 0 Å². The van der Waals surface area contributed by atoms with Gasteiger partial charge in [-0.1, -0.05) is 36.1 Å². The van der Waals surface area contributed by atoms with Crippen molar-refractivity contribution in [3.05, 3.63) is 34.7 Å². The van der Waals surface area contributed by atoms with E-state index in [4.69, 9.17) is 22.1 Å². The maximum absolute atomic E-state index is 12.9. The minimum Gasteiger partial charge on any atom is -0.497 e. The number of ether oxygens (including phenoxy) is 1. The van der Waals surface area contributed by atoms with E-state index >= 15 is 0 Å². The maximum atomic E-state index is 12.9. The van der Waals surface area contributed by atoms with Gasteiger partial charge in [0.15, 0.2) is 0 Å². The zero-order chi connectivity index (χ0) is 21.8. The zero-order valence-corrected chi connectivity index (χ0v) is 17.8. The Labute approximate surface area is 182 Å². The number of rotatable bonds is 8. The number of carboxylic acid groups (broad SMARTS) is 1. The van der Waals surface area contributed by atoms with Gasteiger partial charge in [-0.05, 0) is 36.6 Å². The van der Waals surface area contributed by atoms with Gasteiger partial charge in [0.1, 0.15) is 16.1 Å². The fraction of sp³-hybridized carbons (Fsp3) is 0.350. The third-order valence-electron chi connectivity index (χ3n) is 4.79. The number of likely N-dealkylation sites (tertiary alicyclic amines) is 1. The van der Waals surface area contributed by atoms with Crippen LogP contribution >= 0.6 is 24.0 Å². The fourth-order valence-electron chi connectivity index (χ4n) is 3.25. The maximum Gasteiger partial charge on any atom is 0.303 e. The molecule has 0 spiro atoms. The average Bonchev–Trinajstić information content (AvgIpc) is 3.14. The van der Waals surface area contributed by atoms with Crippen LogP contribution < -0.4 is 4.74 Å². The van der Waals surface area contributed by atoms with Crippen LogP contribution in [-0.2, 0) is 19.2 Å². The number of hydrogen-bond donors (Lipinski definition) is 1. The molecule has 1 aromatic rings.